The van der Waals surface area contributed by atoms with Gasteiger partial charge in [0, 0.05) is 57.3 Å². The molecule has 8 aromatic rings. The zero-order chi connectivity index (χ0) is 55.3. The molecule has 0 amide bonds. The number of nitrogens with one attached hydrogen (secondary N) is 2. The molecule has 6 heterocycles. The van der Waals surface area contributed by atoms with Gasteiger partial charge in [0.05, 0.1) is 63.2 Å². The molecule has 0 aliphatic heterocycles. The number of aromatic amines is 2. The predicted molar refractivity (Wildman–Crippen MR) is 300 cm³/mol. The number of aliphatic hydroxyl groups excluding tert-OH is 5. The first-order chi connectivity index (χ1) is 36.1. The molecule has 30 heteroatoms. The fraction of sp³-hybridized carbons (Fsp3) is 0.422. The molecule has 24 nitrogen and oxygen atoms in total. The van der Waals surface area contributed by atoms with Crippen molar-refractivity contribution >= 4 is 97.1 Å². The smallest absolute Gasteiger partial charge is 0.287 e. The van der Waals surface area contributed by atoms with E-state index in [0.717, 1.165) is 29.6 Å². The quantitative estimate of drug-likeness (QED) is 0.0104. The Morgan fingerprint density at radius 3 is 1.47 bits per heavy atom. The minimum atomic E-state index is -1.05. The van der Waals surface area contributed by atoms with Crippen LogP contribution >= 0.6 is 63.2 Å². The fourth-order valence-electron chi connectivity index (χ4n) is 6.66. The number of thiol groups is 2. The van der Waals surface area contributed by atoms with Crippen molar-refractivity contribution in [2.45, 2.75) is 61.4 Å². The van der Waals surface area contributed by atoms with E-state index in [0.29, 0.717) is 58.7 Å². The molecular weight excluding hydrogens is 1090 g/mol. The number of thioether (sulfide) groups is 2. The van der Waals surface area contributed by atoms with Gasteiger partial charge in [-0.3, -0.25) is 14.8 Å². The van der Waals surface area contributed by atoms with E-state index in [9.17, 15) is 19.8 Å². The van der Waals surface area contributed by atoms with E-state index in [1.807, 2.05) is 88.4 Å². The summed E-state index contributed by atoms with van der Waals surface area (Å²) >= 11 is 10.6. The van der Waals surface area contributed by atoms with Crippen LogP contribution in [0.25, 0.3) is 56.4 Å². The number of hydrogen-bond donors (Lipinski definition) is 10. The normalized spacial score (nSPS) is 12.4. The summed E-state index contributed by atoms with van der Waals surface area (Å²) in [5.74, 6) is 1.26. The van der Waals surface area contributed by atoms with Gasteiger partial charge in [-0.25, -0.2) is 18.8 Å². The number of benzene rings is 2. The Labute approximate surface area is 452 Å². The second kappa shape index (κ2) is 31.4. The van der Waals surface area contributed by atoms with Crippen molar-refractivity contribution in [2.75, 3.05) is 73.3 Å². The lowest BCUT2D eigenvalue weighted by Gasteiger charge is -2.31. The molecule has 0 bridgehead atoms. The summed E-state index contributed by atoms with van der Waals surface area (Å²) in [7, 11) is 1.92. The van der Waals surface area contributed by atoms with Gasteiger partial charge in [0.2, 0.25) is 26.7 Å². The first-order valence-electron chi connectivity index (χ1n) is 22.6. The van der Waals surface area contributed by atoms with Crippen molar-refractivity contribution in [1.82, 2.24) is 47.8 Å². The van der Waals surface area contributed by atoms with Crippen LogP contribution in [-0.4, -0.2) is 168 Å². The first-order valence-corrected chi connectivity index (χ1v) is 29.1. The Bertz CT molecular complexity index is 3070. The lowest BCUT2D eigenvalue weighted by atomic mass is 10.1. The van der Waals surface area contributed by atoms with Crippen LogP contribution in [0.2, 0.25) is 0 Å². The molecule has 0 fully saturated rings. The number of nitrogens with zero attached hydrogens (tertiary/aromatic N) is 8. The molecule has 0 aliphatic rings. The number of ether oxygens (including phenoxy) is 1. The monoisotopic (exact) mass is 1160 g/mol. The number of aliphatic hydroxyl groups is 5. The van der Waals surface area contributed by atoms with Crippen molar-refractivity contribution in [1.29, 1.82) is 0 Å². The standard InChI is InChI=1S/C38H40N10O5S2.2C3H9O3PS.CH4O.H2O2/c1-37(2,22-54-35-41-27-29(45(35)15-17-49)43-33-39-25(19-47(33)31(27)51)23-11-7-5-8-12-23)53-21-38(3,4)55-36-42-28-30(46(36)16-18-50)44-34-40-26(20-48(34)32(28)52)24-13-9-6-10-14-24;2*1-5-7(8)6-3-2-4;2*1-2/h5-14,19-20,49-50H,15-18,21-22H2,1-4H3,(H,39,43)(H,40,44);2*4,8H,2-3H2,1H3;2H,1H3;1-2H/p+1. The van der Waals surface area contributed by atoms with E-state index in [1.165, 1.54) is 46.5 Å². The maximum atomic E-state index is 13.7. The lowest BCUT2D eigenvalue weighted by Crippen LogP contribution is -2.34. The Hall–Kier alpha value is -4.00. The maximum Gasteiger partial charge on any atom is 0.287 e. The van der Waals surface area contributed by atoms with E-state index in [1.54, 1.807) is 21.5 Å². The van der Waals surface area contributed by atoms with Crippen LogP contribution in [0.15, 0.2) is 93.0 Å². The minimum absolute atomic E-state index is 0.0166. The number of H-pyrrole nitrogens is 2. The fourth-order valence-corrected chi connectivity index (χ4v) is 9.92. The summed E-state index contributed by atoms with van der Waals surface area (Å²) in [6, 6.07) is 19.4. The Morgan fingerprint density at radius 2 is 1.07 bits per heavy atom. The molecule has 0 radical (unpaired) electrons. The van der Waals surface area contributed by atoms with Gasteiger partial charge in [0.15, 0.2) is 32.6 Å². The molecule has 2 atom stereocenters. The SMILES string of the molecule is CC(C)(CSc1nc2c(=O)n3cc(-c4ccccc4)[nH]c3nc2n1CCO)OCC(C)(C)Sc1nc2c(=O)n3cc(-c4ccccc4)[nH]c3nc2n1CCO.CO.COP(S)OCCO.COP(S)OCCO.O[OH2+]. The summed E-state index contributed by atoms with van der Waals surface area (Å²) in [6.45, 7) is 9.10. The van der Waals surface area contributed by atoms with Crippen molar-refractivity contribution < 1.29 is 58.9 Å². The average molecular weight is 1160 g/mol. The van der Waals surface area contributed by atoms with E-state index < -0.39 is 25.5 Å². The Kier molecular flexibility index (Phi) is 26.6. The maximum absolute atomic E-state index is 13.7. The summed E-state index contributed by atoms with van der Waals surface area (Å²) in [5, 5.41) is 55.4. The zero-order valence-electron chi connectivity index (χ0n) is 42.2. The number of aromatic nitrogens is 10. The van der Waals surface area contributed by atoms with Gasteiger partial charge >= 0.3 is 0 Å². The molecule has 0 saturated heterocycles. The predicted octanol–water partition coefficient (Wildman–Crippen LogP) is 5.22. The highest BCUT2D eigenvalue weighted by molar-refractivity contribution is 8.42. The van der Waals surface area contributed by atoms with E-state index in [2.05, 4.69) is 43.5 Å². The van der Waals surface area contributed by atoms with E-state index in [-0.39, 0.29) is 61.7 Å². The molecule has 2 aromatic carbocycles. The van der Waals surface area contributed by atoms with Crippen LogP contribution < -0.4 is 11.1 Å². The van der Waals surface area contributed by atoms with Gasteiger partial charge in [0.1, 0.15) is 0 Å². The zero-order valence-corrected chi connectivity index (χ0v) is 47.4. The molecule has 2 unspecified atom stereocenters. The highest BCUT2D eigenvalue weighted by Crippen LogP contribution is 2.42. The highest BCUT2D eigenvalue weighted by Gasteiger charge is 2.30. The van der Waals surface area contributed by atoms with Gasteiger partial charge in [-0.15, -0.1) is 5.26 Å². The molecule has 75 heavy (non-hydrogen) atoms. The van der Waals surface area contributed by atoms with Crippen molar-refractivity contribution in [3.8, 4) is 22.5 Å². The number of hydrogen-bond acceptors (Lipinski definition) is 21. The third kappa shape index (κ3) is 17.5. The van der Waals surface area contributed by atoms with E-state index >= 15 is 0 Å². The lowest BCUT2D eigenvalue weighted by molar-refractivity contribution is -0.176. The second-order valence-corrected chi connectivity index (χ2v) is 23.1. The number of imidazole rings is 4. The van der Waals surface area contributed by atoms with Crippen LogP contribution in [0, 0.1) is 0 Å². The number of fused-ring (bicyclic) bond motifs is 4. The molecular formula is C45H65N10O14P2S4+. The number of rotatable bonds is 22. The topological polar surface area (TPSA) is 326 Å². The Balaban J connectivity index is 0.000000520. The van der Waals surface area contributed by atoms with Crippen molar-refractivity contribution in [2.24, 2.45) is 0 Å². The third-order valence-corrected chi connectivity index (χ3v) is 15.7. The van der Waals surface area contributed by atoms with Crippen LogP contribution in [0.4, 0.5) is 0 Å². The molecule has 0 aliphatic carbocycles. The molecule has 0 spiro atoms. The summed E-state index contributed by atoms with van der Waals surface area (Å²) in [6.07, 6.45) is 3.45. The average Bonchev–Trinajstić information content (AvgIpc) is 4.23. The van der Waals surface area contributed by atoms with Crippen LogP contribution in [0.5, 0.6) is 0 Å². The van der Waals surface area contributed by atoms with Gasteiger partial charge in [-0.2, -0.15) is 9.97 Å². The van der Waals surface area contributed by atoms with E-state index in [4.69, 9.17) is 59.6 Å². The highest BCUT2D eigenvalue weighted by atomic mass is 32.7. The van der Waals surface area contributed by atoms with Crippen LogP contribution in [0.3, 0.4) is 0 Å². The largest absolute Gasteiger partial charge is 0.400 e. The first kappa shape index (κ1) is 63.5. The molecule has 0 saturated carbocycles. The van der Waals surface area contributed by atoms with Crippen LogP contribution in [-0.2, 0) is 35.9 Å². The second-order valence-electron chi connectivity index (χ2n) is 16.3. The molecule has 8 rings (SSSR count). The van der Waals surface area contributed by atoms with Crippen molar-refractivity contribution in [3.05, 3.63) is 93.8 Å². The third-order valence-electron chi connectivity index (χ3n) is 9.99. The van der Waals surface area contributed by atoms with Crippen LogP contribution in [0.1, 0.15) is 27.7 Å². The summed E-state index contributed by atoms with van der Waals surface area (Å²) in [5.41, 5.74) is 3.36. The molecule has 412 valence electrons. The minimum Gasteiger partial charge on any atom is -0.400 e. The van der Waals surface area contributed by atoms with Crippen molar-refractivity contribution in [3.63, 3.8) is 0 Å². The van der Waals surface area contributed by atoms with Gasteiger partial charge < -0.3 is 67.5 Å². The summed E-state index contributed by atoms with van der Waals surface area (Å²) < 4.78 is 31.4. The van der Waals surface area contributed by atoms with Gasteiger partial charge in [-0.05, 0) is 38.8 Å². The summed E-state index contributed by atoms with van der Waals surface area (Å²) in [4.78, 5) is 52.7. The molecule has 6 aromatic heterocycles. The van der Waals surface area contributed by atoms with Gasteiger partial charge in [0.25, 0.3) is 11.1 Å². The Morgan fingerprint density at radius 1 is 0.653 bits per heavy atom. The van der Waals surface area contributed by atoms with Gasteiger partial charge in [-0.1, -0.05) is 109 Å². The molecule has 10 N–H and O–H groups in total.